The van der Waals surface area contributed by atoms with Gasteiger partial charge in [-0.3, -0.25) is 13.9 Å². The van der Waals surface area contributed by atoms with Crippen LogP contribution < -0.4 is 4.74 Å². The second kappa shape index (κ2) is 8.15. The summed E-state index contributed by atoms with van der Waals surface area (Å²) in [5, 5.41) is 0. The molecule has 2 N–H and O–H groups in total. The van der Waals surface area contributed by atoms with Crippen LogP contribution in [0.25, 0.3) is 0 Å². The van der Waals surface area contributed by atoms with Crippen molar-refractivity contribution in [2.75, 3.05) is 0 Å². The van der Waals surface area contributed by atoms with Crippen LogP contribution in [0.4, 0.5) is 0 Å². The molecule has 0 aliphatic rings. The van der Waals surface area contributed by atoms with Crippen molar-refractivity contribution < 1.29 is 22.8 Å². The van der Waals surface area contributed by atoms with Gasteiger partial charge in [-0.2, -0.15) is 4.21 Å². The predicted octanol–water partition coefficient (Wildman–Crippen LogP) is 2.97. The second-order valence-corrected chi connectivity index (χ2v) is 3.80. The van der Waals surface area contributed by atoms with Crippen molar-refractivity contribution in [1.29, 1.82) is 0 Å². The number of benzene rings is 2. The van der Waals surface area contributed by atoms with E-state index in [0.29, 0.717) is 11.3 Å². The number of ether oxygens (including phenoxy) is 1. The molecular weight excluding hydrogens is 268 g/mol. The fourth-order valence-corrected chi connectivity index (χ4v) is 1.28. The van der Waals surface area contributed by atoms with Crippen LogP contribution in [0.15, 0.2) is 54.6 Å². The van der Waals surface area contributed by atoms with Crippen LogP contribution in [-0.4, -0.2) is 19.6 Å². The van der Waals surface area contributed by atoms with Crippen LogP contribution in [0.1, 0.15) is 10.4 Å². The average molecular weight is 280 g/mol. The van der Waals surface area contributed by atoms with Gasteiger partial charge in [-0.15, -0.1) is 0 Å². The Morgan fingerprint density at radius 1 is 0.947 bits per heavy atom. The van der Waals surface area contributed by atoms with E-state index >= 15 is 0 Å². The predicted molar refractivity (Wildman–Crippen MR) is 71.7 cm³/mol. The molecule has 5 nitrogen and oxygen atoms in total. The summed E-state index contributed by atoms with van der Waals surface area (Å²) in [5.74, 6) is 1.44. The molecule has 0 unspecified atom stereocenters. The number of hydrogen-bond donors (Lipinski definition) is 2. The van der Waals surface area contributed by atoms with Crippen molar-refractivity contribution in [3.63, 3.8) is 0 Å². The number of aldehydes is 1. The summed E-state index contributed by atoms with van der Waals surface area (Å²) in [6, 6.07) is 16.5. The van der Waals surface area contributed by atoms with Gasteiger partial charge in [-0.1, -0.05) is 30.3 Å². The molecule has 2 aromatic rings. The minimum Gasteiger partial charge on any atom is -0.457 e. The smallest absolute Gasteiger partial charge is 0.299 e. The largest absolute Gasteiger partial charge is 0.457 e. The molecule has 0 amide bonds. The molecule has 0 atom stereocenters. The molecule has 6 heteroatoms. The van der Waals surface area contributed by atoms with Crippen molar-refractivity contribution in [3.8, 4) is 11.5 Å². The molecule has 0 bridgehead atoms. The van der Waals surface area contributed by atoms with E-state index in [1.54, 1.807) is 18.2 Å². The number of hydrogen-bond acceptors (Lipinski definition) is 3. The fraction of sp³-hybridized carbons (Fsp3) is 0. The number of rotatable bonds is 3. The summed E-state index contributed by atoms with van der Waals surface area (Å²) in [6.45, 7) is 0. The first-order valence-electron chi connectivity index (χ1n) is 5.20. The Balaban J connectivity index is 0.000000399. The fourth-order valence-electron chi connectivity index (χ4n) is 1.28. The standard InChI is InChI=1S/C13H10O2.H2O3S/c14-10-11-5-4-8-13(9-11)15-12-6-2-1-3-7-12;1-4(2)3/h1-10H;(H2,1,2,3). The zero-order chi connectivity index (χ0) is 14.1. The Labute approximate surface area is 113 Å². The van der Waals surface area contributed by atoms with E-state index in [0.717, 1.165) is 12.0 Å². The third-order valence-corrected chi connectivity index (χ3v) is 1.97. The lowest BCUT2D eigenvalue weighted by Gasteiger charge is -2.04. The molecular formula is C13H12O5S. The SMILES string of the molecule is O=Cc1cccc(Oc2ccccc2)c1.O=S(O)O. The average Bonchev–Trinajstić information content (AvgIpc) is 2.39. The van der Waals surface area contributed by atoms with Crippen molar-refractivity contribution in [3.05, 3.63) is 60.2 Å². The van der Waals surface area contributed by atoms with E-state index in [4.69, 9.17) is 18.1 Å². The van der Waals surface area contributed by atoms with Gasteiger partial charge in [0.05, 0.1) is 0 Å². The zero-order valence-corrected chi connectivity index (χ0v) is 10.6. The summed E-state index contributed by atoms with van der Waals surface area (Å²) < 4.78 is 28.4. The first kappa shape index (κ1) is 15.0. The Morgan fingerprint density at radius 3 is 2.11 bits per heavy atom. The molecule has 0 aromatic heterocycles. The van der Waals surface area contributed by atoms with Crippen LogP contribution in [0.3, 0.4) is 0 Å². The van der Waals surface area contributed by atoms with Crippen LogP contribution in [-0.2, 0) is 11.4 Å². The minimum atomic E-state index is -2.61. The molecule has 0 saturated heterocycles. The van der Waals surface area contributed by atoms with E-state index in [1.165, 1.54) is 0 Å². The second-order valence-electron chi connectivity index (χ2n) is 3.34. The molecule has 19 heavy (non-hydrogen) atoms. The minimum absolute atomic E-state index is 0.614. The van der Waals surface area contributed by atoms with Crippen molar-refractivity contribution in [2.24, 2.45) is 0 Å². The molecule has 0 spiro atoms. The van der Waals surface area contributed by atoms with E-state index < -0.39 is 11.4 Å². The maximum absolute atomic E-state index is 10.6. The molecule has 0 saturated carbocycles. The van der Waals surface area contributed by atoms with E-state index in [2.05, 4.69) is 0 Å². The topological polar surface area (TPSA) is 83.8 Å². The highest BCUT2D eigenvalue weighted by atomic mass is 32.2. The Bertz CT molecular complexity index is 538. The quantitative estimate of drug-likeness (QED) is 0.667. The maximum atomic E-state index is 10.6. The van der Waals surface area contributed by atoms with Crippen LogP contribution in [0.5, 0.6) is 11.5 Å². The Hall–Kier alpha value is -2.02. The van der Waals surface area contributed by atoms with Gasteiger partial charge in [-0.05, 0) is 24.3 Å². The Kier molecular flexibility index (Phi) is 6.45. The normalized spacial score (nSPS) is 9.42. The van der Waals surface area contributed by atoms with E-state index in [9.17, 15) is 4.79 Å². The molecule has 0 aliphatic carbocycles. The van der Waals surface area contributed by atoms with Crippen LogP contribution in [0, 0.1) is 0 Å². The number of carbonyl (C=O) groups excluding carboxylic acids is 1. The third kappa shape index (κ3) is 6.46. The highest BCUT2D eigenvalue weighted by molar-refractivity contribution is 7.73. The molecule has 0 heterocycles. The highest BCUT2D eigenvalue weighted by Gasteiger charge is 1.97. The van der Waals surface area contributed by atoms with Gasteiger partial charge in [-0.25, -0.2) is 0 Å². The van der Waals surface area contributed by atoms with Gasteiger partial charge in [0, 0.05) is 5.56 Å². The van der Waals surface area contributed by atoms with Crippen LogP contribution in [0.2, 0.25) is 0 Å². The summed E-state index contributed by atoms with van der Waals surface area (Å²) in [6.07, 6.45) is 0.803. The van der Waals surface area contributed by atoms with E-state index in [1.807, 2.05) is 36.4 Å². The van der Waals surface area contributed by atoms with Crippen molar-refractivity contribution in [2.45, 2.75) is 0 Å². The van der Waals surface area contributed by atoms with E-state index in [-0.39, 0.29) is 0 Å². The summed E-state index contributed by atoms with van der Waals surface area (Å²) in [4.78, 5) is 10.6. The summed E-state index contributed by atoms with van der Waals surface area (Å²) >= 11 is -2.61. The molecule has 2 aromatic carbocycles. The lowest BCUT2D eigenvalue weighted by atomic mass is 10.2. The lowest BCUT2D eigenvalue weighted by Crippen LogP contribution is -1.85. The molecule has 100 valence electrons. The van der Waals surface area contributed by atoms with Crippen molar-refractivity contribution >= 4 is 17.6 Å². The third-order valence-electron chi connectivity index (χ3n) is 1.97. The summed E-state index contributed by atoms with van der Waals surface area (Å²) in [5.41, 5.74) is 0.614. The number of carbonyl (C=O) groups is 1. The monoisotopic (exact) mass is 280 g/mol. The zero-order valence-electron chi connectivity index (χ0n) is 9.80. The van der Waals surface area contributed by atoms with Gasteiger partial charge >= 0.3 is 0 Å². The van der Waals surface area contributed by atoms with Gasteiger partial charge in [0.1, 0.15) is 17.8 Å². The first-order valence-corrected chi connectivity index (χ1v) is 6.26. The van der Waals surface area contributed by atoms with Gasteiger partial charge in [0.2, 0.25) is 0 Å². The summed E-state index contributed by atoms with van der Waals surface area (Å²) in [7, 11) is 0. The van der Waals surface area contributed by atoms with Crippen molar-refractivity contribution in [1.82, 2.24) is 0 Å². The Morgan fingerprint density at radius 2 is 1.53 bits per heavy atom. The highest BCUT2D eigenvalue weighted by Crippen LogP contribution is 2.20. The molecule has 0 fully saturated rings. The van der Waals surface area contributed by atoms with Gasteiger partial charge < -0.3 is 4.74 Å². The molecule has 0 aliphatic heterocycles. The van der Waals surface area contributed by atoms with Gasteiger partial charge in [0.25, 0.3) is 11.4 Å². The maximum Gasteiger partial charge on any atom is 0.299 e. The van der Waals surface area contributed by atoms with Crippen LogP contribution >= 0.6 is 0 Å². The molecule has 0 radical (unpaired) electrons. The first-order chi connectivity index (χ1) is 9.11. The van der Waals surface area contributed by atoms with Gasteiger partial charge in [0.15, 0.2) is 0 Å². The number of para-hydroxylation sites is 1. The molecule has 2 rings (SSSR count). The lowest BCUT2D eigenvalue weighted by molar-refractivity contribution is 0.112.